The van der Waals surface area contributed by atoms with E-state index in [0.717, 1.165) is 0 Å². The SMILES string of the molecule is CC(C)(N)CC(=O)NCCOCC(=O)O. The maximum Gasteiger partial charge on any atom is 0.329 e. The predicted octanol–water partition coefficient (Wildman–Crippen LogP) is -0.669. The first-order valence-electron chi connectivity index (χ1n) is 4.66. The molecule has 1 amide bonds. The standard InChI is InChI=1S/C9H18N2O4/c1-9(2,10)5-7(12)11-3-4-15-6-8(13)14/h3-6,10H2,1-2H3,(H,11,12)(H,13,14). The number of amides is 1. The van der Waals surface area contributed by atoms with Crippen molar-refractivity contribution >= 4 is 11.9 Å². The third-order valence-corrected chi connectivity index (χ3v) is 1.41. The Morgan fingerprint density at radius 3 is 2.53 bits per heavy atom. The van der Waals surface area contributed by atoms with Crippen molar-refractivity contribution in [1.82, 2.24) is 5.32 Å². The van der Waals surface area contributed by atoms with Crippen molar-refractivity contribution in [3.8, 4) is 0 Å². The lowest BCUT2D eigenvalue weighted by Crippen LogP contribution is -2.39. The van der Waals surface area contributed by atoms with Gasteiger partial charge in [0.1, 0.15) is 6.61 Å². The van der Waals surface area contributed by atoms with Crippen LogP contribution < -0.4 is 11.1 Å². The zero-order valence-corrected chi connectivity index (χ0v) is 9.08. The second-order valence-electron chi connectivity index (χ2n) is 3.96. The lowest BCUT2D eigenvalue weighted by molar-refractivity contribution is -0.142. The van der Waals surface area contributed by atoms with Gasteiger partial charge in [-0.2, -0.15) is 0 Å². The highest BCUT2D eigenvalue weighted by Crippen LogP contribution is 2.01. The summed E-state index contributed by atoms with van der Waals surface area (Å²) in [6.07, 6.45) is 0.228. The minimum absolute atomic E-state index is 0.165. The van der Waals surface area contributed by atoms with Gasteiger partial charge in [0.2, 0.25) is 5.91 Å². The number of rotatable bonds is 7. The fourth-order valence-electron chi connectivity index (χ4n) is 0.898. The van der Waals surface area contributed by atoms with Crippen molar-refractivity contribution in [1.29, 1.82) is 0 Å². The Morgan fingerprint density at radius 2 is 2.07 bits per heavy atom. The van der Waals surface area contributed by atoms with E-state index in [9.17, 15) is 9.59 Å². The molecule has 6 nitrogen and oxygen atoms in total. The van der Waals surface area contributed by atoms with Crippen LogP contribution in [0.3, 0.4) is 0 Å². The number of nitrogens with one attached hydrogen (secondary N) is 1. The minimum Gasteiger partial charge on any atom is -0.480 e. The van der Waals surface area contributed by atoms with Gasteiger partial charge in [0.15, 0.2) is 0 Å². The third kappa shape index (κ3) is 10.8. The Bertz CT molecular complexity index is 223. The van der Waals surface area contributed by atoms with Crippen molar-refractivity contribution < 1.29 is 19.4 Å². The summed E-state index contributed by atoms with van der Waals surface area (Å²) in [7, 11) is 0. The van der Waals surface area contributed by atoms with Crippen LogP contribution in [-0.4, -0.2) is 42.3 Å². The number of ether oxygens (including phenoxy) is 1. The van der Waals surface area contributed by atoms with E-state index in [1.165, 1.54) is 0 Å². The average Bonchev–Trinajstić information content (AvgIpc) is 1.99. The fraction of sp³-hybridized carbons (Fsp3) is 0.778. The van der Waals surface area contributed by atoms with Gasteiger partial charge in [0.25, 0.3) is 0 Å². The second kappa shape index (κ2) is 6.36. The highest BCUT2D eigenvalue weighted by atomic mass is 16.5. The Kier molecular flexibility index (Phi) is 5.88. The summed E-state index contributed by atoms with van der Waals surface area (Å²) in [4.78, 5) is 21.2. The molecular formula is C9H18N2O4. The fourth-order valence-corrected chi connectivity index (χ4v) is 0.898. The van der Waals surface area contributed by atoms with E-state index in [0.29, 0.717) is 6.54 Å². The molecule has 0 spiro atoms. The predicted molar refractivity (Wildman–Crippen MR) is 54.3 cm³/mol. The third-order valence-electron chi connectivity index (χ3n) is 1.41. The molecule has 0 aromatic heterocycles. The number of carboxylic acids is 1. The van der Waals surface area contributed by atoms with Crippen LogP contribution in [0.2, 0.25) is 0 Å². The number of carbonyl (C=O) groups excluding carboxylic acids is 1. The van der Waals surface area contributed by atoms with E-state index < -0.39 is 11.5 Å². The lowest BCUT2D eigenvalue weighted by Gasteiger charge is -2.17. The topological polar surface area (TPSA) is 102 Å². The summed E-state index contributed by atoms with van der Waals surface area (Å²) in [6, 6.07) is 0. The molecule has 4 N–H and O–H groups in total. The van der Waals surface area contributed by atoms with E-state index in [1.807, 2.05) is 0 Å². The van der Waals surface area contributed by atoms with Gasteiger partial charge in [0.05, 0.1) is 6.61 Å². The molecule has 0 aliphatic carbocycles. The maximum absolute atomic E-state index is 11.2. The van der Waals surface area contributed by atoms with E-state index in [4.69, 9.17) is 15.6 Å². The van der Waals surface area contributed by atoms with Gasteiger partial charge in [-0.15, -0.1) is 0 Å². The van der Waals surface area contributed by atoms with Gasteiger partial charge >= 0.3 is 5.97 Å². The first-order chi connectivity index (χ1) is 6.81. The van der Waals surface area contributed by atoms with Crippen LogP contribution >= 0.6 is 0 Å². The minimum atomic E-state index is -1.02. The second-order valence-corrected chi connectivity index (χ2v) is 3.96. The van der Waals surface area contributed by atoms with Gasteiger partial charge in [-0.05, 0) is 13.8 Å². The van der Waals surface area contributed by atoms with Crippen LogP contribution in [0.25, 0.3) is 0 Å². The molecule has 0 aromatic carbocycles. The van der Waals surface area contributed by atoms with Crippen molar-refractivity contribution in [2.75, 3.05) is 19.8 Å². The summed E-state index contributed by atoms with van der Waals surface area (Å²) >= 11 is 0. The van der Waals surface area contributed by atoms with Gasteiger partial charge < -0.3 is 20.9 Å². The summed E-state index contributed by atoms with van der Waals surface area (Å²) in [5.74, 6) is -1.19. The molecule has 0 unspecified atom stereocenters. The zero-order chi connectivity index (χ0) is 11.9. The Hall–Kier alpha value is -1.14. The van der Waals surface area contributed by atoms with E-state index in [-0.39, 0.29) is 25.5 Å². The molecule has 0 heterocycles. The van der Waals surface area contributed by atoms with Crippen LogP contribution in [0.5, 0.6) is 0 Å². The molecule has 0 bridgehead atoms. The smallest absolute Gasteiger partial charge is 0.329 e. The molecule has 0 aromatic rings. The number of carboxylic acid groups (broad SMARTS) is 1. The lowest BCUT2D eigenvalue weighted by atomic mass is 10.0. The zero-order valence-electron chi connectivity index (χ0n) is 9.08. The molecule has 0 fully saturated rings. The number of aliphatic carboxylic acids is 1. The molecule has 88 valence electrons. The number of hydrogen-bond donors (Lipinski definition) is 3. The van der Waals surface area contributed by atoms with Gasteiger partial charge in [-0.3, -0.25) is 4.79 Å². The quantitative estimate of drug-likeness (QED) is 0.492. The van der Waals surface area contributed by atoms with Crippen molar-refractivity contribution in [3.05, 3.63) is 0 Å². The van der Waals surface area contributed by atoms with Crippen LogP contribution in [-0.2, 0) is 14.3 Å². The molecule has 15 heavy (non-hydrogen) atoms. The maximum atomic E-state index is 11.2. The molecule has 6 heteroatoms. The highest BCUT2D eigenvalue weighted by molar-refractivity contribution is 5.77. The molecular weight excluding hydrogens is 200 g/mol. The van der Waals surface area contributed by atoms with Gasteiger partial charge in [0, 0.05) is 18.5 Å². The monoisotopic (exact) mass is 218 g/mol. The summed E-state index contributed by atoms with van der Waals surface area (Å²) in [5, 5.41) is 10.8. The van der Waals surface area contributed by atoms with Crippen molar-refractivity contribution in [2.45, 2.75) is 25.8 Å². The Balaban J connectivity index is 3.44. The number of carbonyl (C=O) groups is 2. The molecule has 0 aliphatic heterocycles. The molecule has 0 aliphatic rings. The van der Waals surface area contributed by atoms with E-state index in [1.54, 1.807) is 13.8 Å². The van der Waals surface area contributed by atoms with E-state index in [2.05, 4.69) is 5.32 Å². The Morgan fingerprint density at radius 1 is 1.47 bits per heavy atom. The summed E-state index contributed by atoms with van der Waals surface area (Å²) in [5.41, 5.74) is 5.10. The first kappa shape index (κ1) is 13.9. The number of nitrogens with two attached hydrogens (primary N) is 1. The molecule has 0 radical (unpaired) electrons. The Labute approximate surface area is 88.8 Å². The van der Waals surface area contributed by atoms with Gasteiger partial charge in [-0.25, -0.2) is 4.79 Å². The van der Waals surface area contributed by atoms with Crippen LogP contribution in [0.4, 0.5) is 0 Å². The first-order valence-corrected chi connectivity index (χ1v) is 4.66. The molecule has 0 rings (SSSR count). The van der Waals surface area contributed by atoms with Crippen molar-refractivity contribution in [2.24, 2.45) is 5.73 Å². The van der Waals surface area contributed by atoms with E-state index >= 15 is 0 Å². The molecule has 0 saturated heterocycles. The summed E-state index contributed by atoms with van der Waals surface area (Å²) in [6.45, 7) is 3.64. The van der Waals surface area contributed by atoms with Crippen molar-refractivity contribution in [3.63, 3.8) is 0 Å². The van der Waals surface area contributed by atoms with Crippen LogP contribution in [0.15, 0.2) is 0 Å². The molecule has 0 saturated carbocycles. The largest absolute Gasteiger partial charge is 0.480 e. The van der Waals surface area contributed by atoms with Crippen LogP contribution in [0, 0.1) is 0 Å². The van der Waals surface area contributed by atoms with Crippen LogP contribution in [0.1, 0.15) is 20.3 Å². The highest BCUT2D eigenvalue weighted by Gasteiger charge is 2.15. The number of hydrogen-bond acceptors (Lipinski definition) is 4. The average molecular weight is 218 g/mol. The molecule has 0 atom stereocenters. The normalized spacial score (nSPS) is 11.1. The summed E-state index contributed by atoms with van der Waals surface area (Å²) < 4.78 is 4.73. The van der Waals surface area contributed by atoms with Gasteiger partial charge in [-0.1, -0.05) is 0 Å².